The SMILES string of the molecule is Cc1ccc(C#N)c(Oc2ccc(C(N)=O)cc2)n1. The van der Waals surface area contributed by atoms with Crippen molar-refractivity contribution >= 4 is 5.91 Å². The summed E-state index contributed by atoms with van der Waals surface area (Å²) in [5.41, 5.74) is 6.64. The Morgan fingerprint density at radius 1 is 1.26 bits per heavy atom. The molecule has 0 saturated carbocycles. The van der Waals surface area contributed by atoms with Gasteiger partial charge in [-0.3, -0.25) is 4.79 Å². The van der Waals surface area contributed by atoms with Crippen molar-refractivity contribution in [1.29, 1.82) is 5.26 Å². The van der Waals surface area contributed by atoms with Gasteiger partial charge in [-0.05, 0) is 43.3 Å². The van der Waals surface area contributed by atoms with Crippen LogP contribution in [0.15, 0.2) is 36.4 Å². The quantitative estimate of drug-likeness (QED) is 0.907. The maximum Gasteiger partial charge on any atom is 0.248 e. The number of aromatic nitrogens is 1. The number of pyridine rings is 1. The predicted octanol–water partition coefficient (Wildman–Crippen LogP) is 2.15. The highest BCUT2D eigenvalue weighted by Crippen LogP contribution is 2.23. The van der Waals surface area contributed by atoms with E-state index in [9.17, 15) is 4.79 Å². The van der Waals surface area contributed by atoms with Gasteiger partial charge in [0.05, 0.1) is 0 Å². The summed E-state index contributed by atoms with van der Waals surface area (Å²) in [6.07, 6.45) is 0. The summed E-state index contributed by atoms with van der Waals surface area (Å²) in [5.74, 6) is 0.229. The molecule has 0 spiro atoms. The molecule has 2 N–H and O–H groups in total. The molecule has 0 fully saturated rings. The minimum absolute atomic E-state index is 0.245. The first-order valence-corrected chi connectivity index (χ1v) is 5.55. The third kappa shape index (κ3) is 2.87. The van der Waals surface area contributed by atoms with Crippen molar-refractivity contribution in [2.45, 2.75) is 6.92 Å². The van der Waals surface area contributed by atoms with Crippen molar-refractivity contribution in [3.63, 3.8) is 0 Å². The van der Waals surface area contributed by atoms with E-state index < -0.39 is 5.91 Å². The first-order chi connectivity index (χ1) is 9.10. The van der Waals surface area contributed by atoms with E-state index in [0.717, 1.165) is 5.69 Å². The van der Waals surface area contributed by atoms with Crippen LogP contribution in [0.3, 0.4) is 0 Å². The second kappa shape index (κ2) is 5.19. The molecule has 1 heterocycles. The largest absolute Gasteiger partial charge is 0.438 e. The van der Waals surface area contributed by atoms with Crippen LogP contribution >= 0.6 is 0 Å². The zero-order valence-corrected chi connectivity index (χ0v) is 10.3. The van der Waals surface area contributed by atoms with Gasteiger partial charge in [0.2, 0.25) is 11.8 Å². The molecule has 0 atom stereocenters. The monoisotopic (exact) mass is 253 g/mol. The average molecular weight is 253 g/mol. The van der Waals surface area contributed by atoms with Crippen LogP contribution in [0.4, 0.5) is 0 Å². The third-order valence-corrected chi connectivity index (χ3v) is 2.47. The molecular formula is C14H11N3O2. The van der Waals surface area contributed by atoms with E-state index in [1.807, 2.05) is 13.0 Å². The van der Waals surface area contributed by atoms with E-state index in [0.29, 0.717) is 16.9 Å². The fourth-order valence-electron chi connectivity index (χ4n) is 1.49. The fraction of sp³-hybridized carbons (Fsp3) is 0.0714. The zero-order valence-electron chi connectivity index (χ0n) is 10.3. The molecule has 2 rings (SSSR count). The topological polar surface area (TPSA) is 89.0 Å². The lowest BCUT2D eigenvalue weighted by Crippen LogP contribution is -2.10. The number of carbonyl (C=O) groups is 1. The van der Waals surface area contributed by atoms with Crippen molar-refractivity contribution < 1.29 is 9.53 Å². The lowest BCUT2D eigenvalue weighted by atomic mass is 10.2. The second-order valence-corrected chi connectivity index (χ2v) is 3.91. The average Bonchev–Trinajstić information content (AvgIpc) is 2.39. The van der Waals surface area contributed by atoms with E-state index in [-0.39, 0.29) is 5.88 Å². The summed E-state index contributed by atoms with van der Waals surface area (Å²) < 4.78 is 5.53. The molecule has 2 aromatic rings. The number of amides is 1. The normalized spacial score (nSPS) is 9.68. The van der Waals surface area contributed by atoms with Gasteiger partial charge in [-0.2, -0.15) is 5.26 Å². The van der Waals surface area contributed by atoms with Crippen LogP contribution in [0.1, 0.15) is 21.6 Å². The van der Waals surface area contributed by atoms with E-state index >= 15 is 0 Å². The lowest BCUT2D eigenvalue weighted by molar-refractivity contribution is 0.100. The van der Waals surface area contributed by atoms with E-state index in [1.54, 1.807) is 36.4 Å². The zero-order chi connectivity index (χ0) is 13.8. The molecule has 94 valence electrons. The number of carbonyl (C=O) groups excluding carboxylic acids is 1. The first-order valence-electron chi connectivity index (χ1n) is 5.55. The fourth-order valence-corrected chi connectivity index (χ4v) is 1.49. The molecule has 0 aliphatic carbocycles. The summed E-state index contributed by atoms with van der Waals surface area (Å²) in [6.45, 7) is 1.81. The molecule has 0 unspecified atom stereocenters. The van der Waals surface area contributed by atoms with Gasteiger partial charge >= 0.3 is 0 Å². The Bertz CT molecular complexity index is 657. The Morgan fingerprint density at radius 3 is 2.53 bits per heavy atom. The molecule has 1 aromatic heterocycles. The highest BCUT2D eigenvalue weighted by atomic mass is 16.5. The standard InChI is InChI=1S/C14H11N3O2/c1-9-2-3-11(8-15)14(17-9)19-12-6-4-10(5-7-12)13(16)18/h2-7H,1H3,(H2,16,18). The van der Waals surface area contributed by atoms with Crippen molar-refractivity contribution in [3.8, 4) is 17.7 Å². The van der Waals surface area contributed by atoms with Crippen LogP contribution in [0.2, 0.25) is 0 Å². The Kier molecular flexibility index (Phi) is 3.44. The van der Waals surface area contributed by atoms with Gasteiger partial charge in [0.25, 0.3) is 0 Å². The summed E-state index contributed by atoms with van der Waals surface area (Å²) in [7, 11) is 0. The van der Waals surface area contributed by atoms with Gasteiger partial charge in [-0.25, -0.2) is 4.98 Å². The number of nitrogens with zero attached hydrogens (tertiary/aromatic N) is 2. The number of rotatable bonds is 3. The number of hydrogen-bond acceptors (Lipinski definition) is 4. The van der Waals surface area contributed by atoms with Gasteiger partial charge in [-0.15, -0.1) is 0 Å². The third-order valence-electron chi connectivity index (χ3n) is 2.47. The predicted molar refractivity (Wildman–Crippen MR) is 68.7 cm³/mol. The number of ether oxygens (including phenoxy) is 1. The summed E-state index contributed by atoms with van der Waals surface area (Å²) in [6, 6.07) is 11.7. The summed E-state index contributed by atoms with van der Waals surface area (Å²) in [4.78, 5) is 15.1. The summed E-state index contributed by atoms with van der Waals surface area (Å²) in [5, 5.41) is 8.97. The summed E-state index contributed by atoms with van der Waals surface area (Å²) >= 11 is 0. The van der Waals surface area contributed by atoms with Gasteiger partial charge in [0.1, 0.15) is 17.4 Å². The number of benzene rings is 1. The van der Waals surface area contributed by atoms with Crippen molar-refractivity contribution in [3.05, 3.63) is 53.2 Å². The van der Waals surface area contributed by atoms with Crippen molar-refractivity contribution in [2.75, 3.05) is 0 Å². The smallest absolute Gasteiger partial charge is 0.248 e. The molecule has 0 bridgehead atoms. The van der Waals surface area contributed by atoms with E-state index in [4.69, 9.17) is 15.7 Å². The second-order valence-electron chi connectivity index (χ2n) is 3.91. The first kappa shape index (κ1) is 12.6. The Labute approximate surface area is 110 Å². The van der Waals surface area contributed by atoms with Crippen molar-refractivity contribution in [2.24, 2.45) is 5.73 Å². The number of primary amides is 1. The molecule has 1 amide bonds. The van der Waals surface area contributed by atoms with E-state index in [1.165, 1.54) is 0 Å². The number of nitriles is 1. The maximum atomic E-state index is 10.9. The lowest BCUT2D eigenvalue weighted by Gasteiger charge is -2.07. The van der Waals surface area contributed by atoms with Crippen LogP contribution in [0.5, 0.6) is 11.6 Å². The molecule has 0 saturated heterocycles. The van der Waals surface area contributed by atoms with Crippen molar-refractivity contribution in [1.82, 2.24) is 4.98 Å². The molecule has 0 radical (unpaired) electrons. The van der Waals surface area contributed by atoms with Crippen LogP contribution in [0, 0.1) is 18.3 Å². The van der Waals surface area contributed by atoms with Crippen LogP contribution in [0.25, 0.3) is 0 Å². The van der Waals surface area contributed by atoms with Crippen LogP contribution < -0.4 is 10.5 Å². The van der Waals surface area contributed by atoms with Gasteiger partial charge < -0.3 is 10.5 Å². The highest BCUT2D eigenvalue weighted by Gasteiger charge is 2.07. The Morgan fingerprint density at radius 2 is 1.95 bits per heavy atom. The number of nitrogens with two attached hydrogens (primary N) is 1. The molecule has 0 aliphatic heterocycles. The minimum Gasteiger partial charge on any atom is -0.438 e. The molecule has 5 nitrogen and oxygen atoms in total. The number of aryl methyl sites for hydroxylation is 1. The molecular weight excluding hydrogens is 242 g/mol. The van der Waals surface area contributed by atoms with Gasteiger partial charge in [0.15, 0.2) is 0 Å². The minimum atomic E-state index is -0.502. The van der Waals surface area contributed by atoms with Crippen LogP contribution in [-0.4, -0.2) is 10.9 Å². The van der Waals surface area contributed by atoms with Crippen LogP contribution in [-0.2, 0) is 0 Å². The van der Waals surface area contributed by atoms with Gasteiger partial charge in [0, 0.05) is 11.3 Å². The molecule has 5 heteroatoms. The Balaban J connectivity index is 2.28. The maximum absolute atomic E-state index is 10.9. The number of hydrogen-bond donors (Lipinski definition) is 1. The highest BCUT2D eigenvalue weighted by molar-refractivity contribution is 5.92. The molecule has 0 aliphatic rings. The van der Waals surface area contributed by atoms with Gasteiger partial charge in [-0.1, -0.05) is 0 Å². The molecule has 1 aromatic carbocycles. The van der Waals surface area contributed by atoms with E-state index in [2.05, 4.69) is 4.98 Å². The Hall–Kier alpha value is -2.87. The molecule has 19 heavy (non-hydrogen) atoms.